The number of halogens is 1. The summed E-state index contributed by atoms with van der Waals surface area (Å²) in [7, 11) is 1.77. The molecule has 1 aromatic rings. The van der Waals surface area contributed by atoms with Crippen LogP contribution in [0.2, 0.25) is 0 Å². The third kappa shape index (κ3) is 4.15. The molecule has 0 bridgehead atoms. The number of carbonyl (C=O) groups is 1. The summed E-state index contributed by atoms with van der Waals surface area (Å²) < 4.78 is 1.64. The Labute approximate surface area is 162 Å². The number of hydrogen-bond acceptors (Lipinski definition) is 3. The molecule has 2 saturated heterocycles. The highest BCUT2D eigenvalue weighted by molar-refractivity contribution is 5.94. The van der Waals surface area contributed by atoms with Gasteiger partial charge in [0.2, 0.25) is 0 Å². The van der Waals surface area contributed by atoms with Crippen LogP contribution in [-0.2, 0) is 13.5 Å². The summed E-state index contributed by atoms with van der Waals surface area (Å²) in [6, 6.07) is 1.79. The number of nitrogens with zero attached hydrogens (tertiary/aromatic N) is 2. The van der Waals surface area contributed by atoms with E-state index < -0.39 is 0 Å². The first-order chi connectivity index (χ1) is 12.0. The van der Waals surface area contributed by atoms with E-state index in [1.54, 1.807) is 17.7 Å². The predicted molar refractivity (Wildman–Crippen MR) is 107 cm³/mol. The van der Waals surface area contributed by atoms with Crippen LogP contribution >= 0.6 is 12.4 Å². The van der Waals surface area contributed by atoms with Crippen molar-refractivity contribution in [2.75, 3.05) is 26.2 Å². The predicted octanol–water partition coefficient (Wildman–Crippen LogP) is 2.53. The number of amides is 1. The van der Waals surface area contributed by atoms with Crippen LogP contribution in [-0.4, -0.2) is 41.6 Å². The molecule has 1 amide bonds. The number of rotatable bonds is 3. The van der Waals surface area contributed by atoms with Crippen molar-refractivity contribution in [2.24, 2.45) is 18.9 Å². The summed E-state index contributed by atoms with van der Waals surface area (Å²) in [5, 5.41) is 3.43. The number of aromatic nitrogens is 1. The lowest BCUT2D eigenvalue weighted by atomic mass is 9.79. The second-order valence-corrected chi connectivity index (χ2v) is 7.62. The Morgan fingerprint density at radius 3 is 2.31 bits per heavy atom. The number of piperidine rings is 2. The zero-order valence-corrected chi connectivity index (χ0v) is 17.0. The number of likely N-dealkylation sites (tertiary alicyclic amines) is 1. The van der Waals surface area contributed by atoms with Crippen molar-refractivity contribution in [3.63, 3.8) is 0 Å². The van der Waals surface area contributed by atoms with E-state index in [0.717, 1.165) is 68.5 Å². The molecule has 0 saturated carbocycles. The number of aryl methyl sites for hydroxylation is 1. The van der Waals surface area contributed by atoms with Crippen molar-refractivity contribution in [3.8, 4) is 0 Å². The van der Waals surface area contributed by atoms with Gasteiger partial charge in [0, 0.05) is 25.8 Å². The van der Waals surface area contributed by atoms with E-state index in [-0.39, 0.29) is 23.9 Å². The second-order valence-electron chi connectivity index (χ2n) is 7.62. The van der Waals surface area contributed by atoms with Crippen molar-refractivity contribution in [1.29, 1.82) is 0 Å². The van der Waals surface area contributed by atoms with Gasteiger partial charge in [0.15, 0.2) is 0 Å². The molecule has 2 aliphatic heterocycles. The Bertz CT molecular complexity index is 687. The fraction of sp³-hybridized carbons (Fsp3) is 0.700. The number of carbonyl (C=O) groups excluding carboxylic acids is 1. The molecule has 26 heavy (non-hydrogen) atoms. The molecule has 0 unspecified atom stereocenters. The van der Waals surface area contributed by atoms with E-state index in [0.29, 0.717) is 5.56 Å². The number of hydrogen-bond donors (Lipinski definition) is 1. The van der Waals surface area contributed by atoms with E-state index in [2.05, 4.69) is 5.32 Å². The molecule has 3 heterocycles. The third-order valence-corrected chi connectivity index (χ3v) is 6.20. The monoisotopic (exact) mass is 381 g/mol. The Balaban J connectivity index is 0.00000243. The van der Waals surface area contributed by atoms with E-state index in [9.17, 15) is 9.59 Å². The van der Waals surface area contributed by atoms with Crippen LogP contribution in [0.5, 0.6) is 0 Å². The first-order valence-corrected chi connectivity index (χ1v) is 9.72. The zero-order valence-electron chi connectivity index (χ0n) is 16.2. The Morgan fingerprint density at radius 1 is 1.15 bits per heavy atom. The summed E-state index contributed by atoms with van der Waals surface area (Å²) in [4.78, 5) is 27.4. The maximum absolute atomic E-state index is 12.9. The standard InChI is InChI=1S/C20H31N3O2.ClH/c1-4-18-14(2)13-17(19(24)22(18)3)20(25)23-11-7-16(8-12-23)15-5-9-21-10-6-15;/h13,15-16,21H,4-12H2,1-3H3;1H. The molecule has 0 spiro atoms. The van der Waals surface area contributed by atoms with Gasteiger partial charge in [-0.25, -0.2) is 0 Å². The zero-order chi connectivity index (χ0) is 18.0. The number of pyridine rings is 1. The van der Waals surface area contributed by atoms with Gasteiger partial charge in [-0.2, -0.15) is 0 Å². The second kappa shape index (κ2) is 9.05. The maximum Gasteiger partial charge on any atom is 0.263 e. The highest BCUT2D eigenvalue weighted by Gasteiger charge is 2.30. The van der Waals surface area contributed by atoms with Crippen LogP contribution in [0, 0.1) is 18.8 Å². The Morgan fingerprint density at radius 2 is 1.73 bits per heavy atom. The fourth-order valence-corrected chi connectivity index (χ4v) is 4.66. The van der Waals surface area contributed by atoms with Crippen molar-refractivity contribution >= 4 is 18.3 Å². The van der Waals surface area contributed by atoms with Gasteiger partial charge in [-0.05, 0) is 75.6 Å². The highest BCUT2D eigenvalue weighted by atomic mass is 35.5. The van der Waals surface area contributed by atoms with Crippen LogP contribution in [0.3, 0.4) is 0 Å². The van der Waals surface area contributed by atoms with Gasteiger partial charge >= 0.3 is 0 Å². The topological polar surface area (TPSA) is 54.3 Å². The lowest BCUT2D eigenvalue weighted by molar-refractivity contribution is 0.0639. The minimum absolute atomic E-state index is 0. The van der Waals surface area contributed by atoms with Crippen molar-refractivity contribution in [2.45, 2.75) is 46.0 Å². The SMILES string of the molecule is CCc1c(C)cc(C(=O)N2CCC(C3CCNCC3)CC2)c(=O)n1C.Cl. The lowest BCUT2D eigenvalue weighted by Crippen LogP contribution is -2.44. The van der Waals surface area contributed by atoms with Crippen LogP contribution in [0.25, 0.3) is 0 Å². The summed E-state index contributed by atoms with van der Waals surface area (Å²) in [6.07, 6.45) is 5.47. The summed E-state index contributed by atoms with van der Waals surface area (Å²) >= 11 is 0. The molecule has 2 fully saturated rings. The van der Waals surface area contributed by atoms with Crippen molar-refractivity contribution in [3.05, 3.63) is 33.2 Å². The molecule has 6 heteroatoms. The average molecular weight is 382 g/mol. The van der Waals surface area contributed by atoms with Gasteiger partial charge < -0.3 is 14.8 Å². The molecule has 1 aromatic heterocycles. The minimum atomic E-state index is -0.159. The van der Waals surface area contributed by atoms with Gasteiger partial charge in [-0.3, -0.25) is 9.59 Å². The average Bonchev–Trinajstić information content (AvgIpc) is 2.65. The molecule has 0 aromatic carbocycles. The van der Waals surface area contributed by atoms with Gasteiger partial charge in [0.1, 0.15) is 5.56 Å². The molecule has 1 N–H and O–H groups in total. The Hall–Kier alpha value is -1.33. The van der Waals surface area contributed by atoms with Crippen LogP contribution in [0.15, 0.2) is 10.9 Å². The minimum Gasteiger partial charge on any atom is -0.338 e. The normalized spacial score (nSPS) is 19.3. The van der Waals surface area contributed by atoms with Gasteiger partial charge in [0.25, 0.3) is 11.5 Å². The molecule has 0 atom stereocenters. The quantitative estimate of drug-likeness (QED) is 0.875. The molecule has 2 aliphatic rings. The molecule has 146 valence electrons. The van der Waals surface area contributed by atoms with Gasteiger partial charge in [0.05, 0.1) is 0 Å². The van der Waals surface area contributed by atoms with Gasteiger partial charge in [-0.15, -0.1) is 12.4 Å². The van der Waals surface area contributed by atoms with E-state index in [1.165, 1.54) is 12.8 Å². The Kier molecular flexibility index (Phi) is 7.30. The van der Waals surface area contributed by atoms with E-state index in [1.807, 2.05) is 18.7 Å². The van der Waals surface area contributed by atoms with Crippen molar-refractivity contribution < 1.29 is 4.79 Å². The van der Waals surface area contributed by atoms with Gasteiger partial charge in [-0.1, -0.05) is 6.92 Å². The molecule has 0 radical (unpaired) electrons. The molecular weight excluding hydrogens is 350 g/mol. The van der Waals surface area contributed by atoms with Crippen LogP contribution in [0.1, 0.15) is 54.2 Å². The highest BCUT2D eigenvalue weighted by Crippen LogP contribution is 2.31. The lowest BCUT2D eigenvalue weighted by Gasteiger charge is -2.37. The van der Waals surface area contributed by atoms with Crippen molar-refractivity contribution in [1.82, 2.24) is 14.8 Å². The summed E-state index contributed by atoms with van der Waals surface area (Å²) in [5.41, 5.74) is 2.20. The van der Waals surface area contributed by atoms with E-state index >= 15 is 0 Å². The molecule has 3 rings (SSSR count). The smallest absolute Gasteiger partial charge is 0.263 e. The molecule has 0 aliphatic carbocycles. The maximum atomic E-state index is 12.9. The van der Waals surface area contributed by atoms with Crippen LogP contribution < -0.4 is 10.9 Å². The first kappa shape index (κ1) is 21.0. The summed E-state index contributed by atoms with van der Waals surface area (Å²) in [6.45, 7) is 7.84. The first-order valence-electron chi connectivity index (χ1n) is 9.72. The van der Waals surface area contributed by atoms with E-state index in [4.69, 9.17) is 0 Å². The van der Waals surface area contributed by atoms with Crippen LogP contribution in [0.4, 0.5) is 0 Å². The number of nitrogens with one attached hydrogen (secondary N) is 1. The molecular formula is C20H32ClN3O2. The third-order valence-electron chi connectivity index (χ3n) is 6.20. The molecule has 5 nitrogen and oxygen atoms in total. The summed E-state index contributed by atoms with van der Waals surface area (Å²) in [5.74, 6) is 1.45. The largest absolute Gasteiger partial charge is 0.338 e. The fourth-order valence-electron chi connectivity index (χ4n) is 4.66.